The average molecular weight is 457 g/mol. The molecule has 0 aliphatic carbocycles. The van der Waals surface area contributed by atoms with Gasteiger partial charge in [0.2, 0.25) is 0 Å². The third kappa shape index (κ3) is 5.02. The van der Waals surface area contributed by atoms with Gasteiger partial charge in [0, 0.05) is 22.7 Å². The van der Waals surface area contributed by atoms with E-state index in [1.54, 1.807) is 18.2 Å². The number of H-pyrrole nitrogens is 1. The lowest BCUT2D eigenvalue weighted by Crippen LogP contribution is -2.39. The van der Waals surface area contributed by atoms with Crippen LogP contribution in [0.2, 0.25) is 0 Å². The van der Waals surface area contributed by atoms with E-state index in [9.17, 15) is 14.7 Å². The van der Waals surface area contributed by atoms with Crippen molar-refractivity contribution in [3.63, 3.8) is 0 Å². The molecule has 1 amide bonds. The van der Waals surface area contributed by atoms with E-state index in [4.69, 9.17) is 4.74 Å². The van der Waals surface area contributed by atoms with Gasteiger partial charge in [0.1, 0.15) is 5.75 Å². The van der Waals surface area contributed by atoms with E-state index < -0.39 is 6.04 Å². The second-order valence-electron chi connectivity index (χ2n) is 8.20. The number of fused-ring (bicyclic) bond motifs is 1. The molecule has 0 aliphatic rings. The van der Waals surface area contributed by atoms with Crippen molar-refractivity contribution in [2.45, 2.75) is 26.3 Å². The largest absolute Gasteiger partial charge is 0.493 e. The molecule has 0 saturated carbocycles. The number of para-hydroxylation sites is 1. The van der Waals surface area contributed by atoms with Crippen molar-refractivity contribution in [3.8, 4) is 16.9 Å². The third-order valence-corrected chi connectivity index (χ3v) is 5.82. The van der Waals surface area contributed by atoms with Crippen molar-refractivity contribution in [1.29, 1.82) is 0 Å². The van der Waals surface area contributed by atoms with Crippen LogP contribution in [0.5, 0.6) is 5.75 Å². The molecule has 3 aromatic carbocycles. The van der Waals surface area contributed by atoms with E-state index in [0.717, 1.165) is 27.6 Å². The van der Waals surface area contributed by atoms with Crippen molar-refractivity contribution >= 4 is 22.6 Å². The molecule has 3 N–H and O–H groups in total. The highest BCUT2D eigenvalue weighted by molar-refractivity contribution is 5.99. The van der Waals surface area contributed by atoms with E-state index in [-0.39, 0.29) is 18.3 Å². The Morgan fingerprint density at radius 3 is 2.59 bits per heavy atom. The fourth-order valence-electron chi connectivity index (χ4n) is 4.08. The molecule has 1 heterocycles. The first-order valence-electron chi connectivity index (χ1n) is 11.3. The normalized spacial score (nSPS) is 11.9. The molecule has 4 aromatic rings. The summed E-state index contributed by atoms with van der Waals surface area (Å²) in [6.45, 7) is 3.60. The van der Waals surface area contributed by atoms with Crippen LogP contribution >= 0.6 is 0 Å². The molecule has 34 heavy (non-hydrogen) atoms. The summed E-state index contributed by atoms with van der Waals surface area (Å²) < 4.78 is 5.71. The minimum absolute atomic E-state index is 0.0196. The van der Waals surface area contributed by atoms with Gasteiger partial charge in [0.15, 0.2) is 5.78 Å². The molecule has 6 nitrogen and oxygen atoms in total. The lowest BCUT2D eigenvalue weighted by Gasteiger charge is -2.18. The Hall–Kier alpha value is -3.90. The number of amides is 1. The molecule has 174 valence electrons. The number of aromatic amines is 1. The van der Waals surface area contributed by atoms with Crippen LogP contribution < -0.4 is 10.1 Å². The van der Waals surface area contributed by atoms with Crippen LogP contribution in [0.4, 0.5) is 0 Å². The Kier molecular flexibility index (Phi) is 7.09. The summed E-state index contributed by atoms with van der Waals surface area (Å²) >= 11 is 0. The molecule has 6 heteroatoms. The lowest BCUT2D eigenvalue weighted by molar-refractivity contribution is 0.0912. The average Bonchev–Trinajstić information content (AvgIpc) is 3.26. The van der Waals surface area contributed by atoms with Crippen molar-refractivity contribution < 1.29 is 19.4 Å². The second kappa shape index (κ2) is 10.4. The van der Waals surface area contributed by atoms with Crippen LogP contribution in [0.25, 0.3) is 22.0 Å². The van der Waals surface area contributed by atoms with Gasteiger partial charge < -0.3 is 20.1 Å². The minimum Gasteiger partial charge on any atom is -0.493 e. The van der Waals surface area contributed by atoms with Gasteiger partial charge in [-0.05, 0) is 61.2 Å². The number of nitrogens with one attached hydrogen (secondary N) is 2. The Labute approximate surface area is 198 Å². The lowest BCUT2D eigenvalue weighted by atomic mass is 9.99. The van der Waals surface area contributed by atoms with Crippen LogP contribution in [0.3, 0.4) is 0 Å². The molecular formula is C28H28N2O4. The number of aromatic nitrogens is 1. The maximum atomic E-state index is 13.3. The summed E-state index contributed by atoms with van der Waals surface area (Å²) in [6, 6.07) is 20.2. The van der Waals surface area contributed by atoms with Crippen LogP contribution in [0.1, 0.15) is 40.1 Å². The third-order valence-electron chi connectivity index (χ3n) is 5.82. The Morgan fingerprint density at radius 1 is 1.03 bits per heavy atom. The first-order chi connectivity index (χ1) is 16.5. The van der Waals surface area contributed by atoms with E-state index in [1.807, 2.05) is 61.7 Å². The molecule has 1 atom stereocenters. The van der Waals surface area contributed by atoms with Gasteiger partial charge in [-0.1, -0.05) is 42.5 Å². The van der Waals surface area contributed by atoms with E-state index in [1.165, 1.54) is 6.92 Å². The van der Waals surface area contributed by atoms with Crippen LogP contribution in [-0.2, 0) is 6.42 Å². The van der Waals surface area contributed by atoms with Crippen molar-refractivity contribution in [1.82, 2.24) is 10.3 Å². The molecule has 0 unspecified atom stereocenters. The first kappa shape index (κ1) is 23.3. The van der Waals surface area contributed by atoms with E-state index in [0.29, 0.717) is 29.9 Å². The standard InChI is InChI=1S/C28H28N2O4/c1-3-34-27-12-11-21(20-8-6-7-19(13-20)18(2)32)15-25(27)28(33)30-23(17-31)14-22-16-29-26-10-5-4-9-24(22)26/h4-13,15-16,23,29,31H,3,14,17H2,1-2H3,(H,30,33)/t23-/m1/s1. The number of rotatable bonds is 9. The SMILES string of the molecule is CCOc1ccc(-c2cccc(C(C)=O)c2)cc1C(=O)N[C@@H](CO)Cc1c[nH]c2ccccc12. The summed E-state index contributed by atoms with van der Waals surface area (Å²) in [5.41, 5.74) is 4.66. The molecule has 1 aromatic heterocycles. The number of hydrogen-bond acceptors (Lipinski definition) is 4. The van der Waals surface area contributed by atoms with Gasteiger partial charge in [-0.25, -0.2) is 0 Å². The predicted molar refractivity (Wildman–Crippen MR) is 133 cm³/mol. The summed E-state index contributed by atoms with van der Waals surface area (Å²) in [5, 5.41) is 14.0. The number of ketones is 1. The number of carbonyl (C=O) groups excluding carboxylic acids is 2. The molecular weight excluding hydrogens is 428 g/mol. The Balaban J connectivity index is 1.60. The number of benzene rings is 3. The van der Waals surface area contributed by atoms with Gasteiger partial charge >= 0.3 is 0 Å². The van der Waals surface area contributed by atoms with Gasteiger partial charge in [-0.15, -0.1) is 0 Å². The molecule has 0 radical (unpaired) electrons. The highest BCUT2D eigenvalue weighted by Crippen LogP contribution is 2.28. The first-order valence-corrected chi connectivity index (χ1v) is 11.3. The zero-order valence-corrected chi connectivity index (χ0v) is 19.3. The molecule has 0 spiro atoms. The molecule has 4 rings (SSSR count). The number of hydrogen-bond donors (Lipinski definition) is 3. The zero-order valence-electron chi connectivity index (χ0n) is 19.3. The summed E-state index contributed by atoms with van der Waals surface area (Å²) in [5.74, 6) is 0.121. The van der Waals surface area contributed by atoms with Crippen LogP contribution in [0.15, 0.2) is 72.9 Å². The monoisotopic (exact) mass is 456 g/mol. The number of Topliss-reactive ketones (excluding diaryl/α,β-unsaturated/α-hetero) is 1. The van der Waals surface area contributed by atoms with Crippen molar-refractivity contribution in [2.75, 3.05) is 13.2 Å². The number of aliphatic hydroxyl groups excluding tert-OH is 1. The maximum absolute atomic E-state index is 13.3. The molecule has 0 aliphatic heterocycles. The molecule has 0 bridgehead atoms. The Bertz CT molecular complexity index is 1320. The van der Waals surface area contributed by atoms with E-state index >= 15 is 0 Å². The maximum Gasteiger partial charge on any atom is 0.255 e. The van der Waals surface area contributed by atoms with Gasteiger partial charge in [-0.3, -0.25) is 9.59 Å². The van der Waals surface area contributed by atoms with Gasteiger partial charge in [-0.2, -0.15) is 0 Å². The molecule has 0 fully saturated rings. The highest BCUT2D eigenvalue weighted by atomic mass is 16.5. The second-order valence-corrected chi connectivity index (χ2v) is 8.20. The van der Waals surface area contributed by atoms with Crippen LogP contribution in [0, 0.1) is 0 Å². The van der Waals surface area contributed by atoms with Crippen molar-refractivity contribution in [2.24, 2.45) is 0 Å². The van der Waals surface area contributed by atoms with Crippen molar-refractivity contribution in [3.05, 3.63) is 89.6 Å². The quantitative estimate of drug-likeness (QED) is 0.317. The summed E-state index contributed by atoms with van der Waals surface area (Å²) in [6.07, 6.45) is 2.39. The van der Waals surface area contributed by atoms with Gasteiger partial charge in [0.25, 0.3) is 5.91 Å². The zero-order chi connectivity index (χ0) is 24.1. The topological polar surface area (TPSA) is 91.4 Å². The fourth-order valence-corrected chi connectivity index (χ4v) is 4.08. The highest BCUT2D eigenvalue weighted by Gasteiger charge is 2.19. The van der Waals surface area contributed by atoms with E-state index in [2.05, 4.69) is 10.3 Å². The number of carbonyl (C=O) groups is 2. The summed E-state index contributed by atoms with van der Waals surface area (Å²) in [7, 11) is 0. The van der Waals surface area contributed by atoms with Crippen LogP contribution in [-0.4, -0.2) is 41.0 Å². The molecule has 0 saturated heterocycles. The Morgan fingerprint density at radius 2 is 1.82 bits per heavy atom. The smallest absolute Gasteiger partial charge is 0.255 e. The van der Waals surface area contributed by atoms with Gasteiger partial charge in [0.05, 0.1) is 24.8 Å². The fraction of sp³-hybridized carbons (Fsp3) is 0.214. The summed E-state index contributed by atoms with van der Waals surface area (Å²) in [4.78, 5) is 28.3. The number of aliphatic hydroxyl groups is 1. The minimum atomic E-state index is -0.467. The predicted octanol–water partition coefficient (Wildman–Crippen LogP) is 4.77. The number of ether oxygens (including phenoxy) is 1.